The quantitative estimate of drug-likeness (QED) is 0.341. The van der Waals surface area contributed by atoms with Gasteiger partial charge in [-0.25, -0.2) is 4.79 Å². The Balaban J connectivity index is 1.73. The molecule has 2 aromatic heterocycles. The fraction of sp³-hybridized carbons (Fsp3) is 0.0769. The molecule has 0 fully saturated rings. The first-order valence-electron chi connectivity index (χ1n) is 9.90. The van der Waals surface area contributed by atoms with Gasteiger partial charge in [-0.15, -0.1) is 0 Å². The number of carbonyl (C=O) groups is 1. The Bertz CT molecular complexity index is 1350. The molecule has 0 saturated carbocycles. The van der Waals surface area contributed by atoms with Crippen molar-refractivity contribution >= 4 is 27.8 Å². The summed E-state index contributed by atoms with van der Waals surface area (Å²) < 4.78 is 7.09. The number of nitrogens with one attached hydrogen (secondary N) is 1. The molecule has 5 rings (SSSR count). The Labute approximate surface area is 174 Å². The van der Waals surface area contributed by atoms with Gasteiger partial charge in [0, 0.05) is 33.5 Å². The van der Waals surface area contributed by atoms with Crippen molar-refractivity contribution in [3.63, 3.8) is 0 Å². The molecule has 0 aliphatic rings. The molecular weight excluding hydrogens is 372 g/mol. The number of para-hydroxylation sites is 1. The van der Waals surface area contributed by atoms with Crippen LogP contribution in [-0.4, -0.2) is 18.1 Å². The fourth-order valence-electron chi connectivity index (χ4n) is 4.01. The number of fused-ring (bicyclic) bond motifs is 3. The van der Waals surface area contributed by atoms with Crippen molar-refractivity contribution in [1.82, 2.24) is 4.98 Å². The van der Waals surface area contributed by atoms with Gasteiger partial charge in [0.2, 0.25) is 5.69 Å². The Hall–Kier alpha value is -3.92. The topological polar surface area (TPSA) is 46.0 Å². The van der Waals surface area contributed by atoms with E-state index in [4.69, 9.17) is 4.74 Å². The second kappa shape index (κ2) is 7.48. The van der Waals surface area contributed by atoms with E-state index >= 15 is 0 Å². The maximum atomic E-state index is 11.9. The molecule has 0 bridgehead atoms. The van der Waals surface area contributed by atoms with Crippen LogP contribution in [0.5, 0.6) is 0 Å². The standard InChI is InChI=1S/C26H20N2O2/c1-30-26(29)20-13-11-19(12-14-20)25-24-22(21-9-5-6-10-23(21)27-24)15-16-28(25)17-18-7-3-2-4-8-18/h2-16H,17H2,1H3/p+1. The van der Waals surface area contributed by atoms with E-state index in [0.29, 0.717) is 5.56 Å². The molecule has 0 amide bonds. The van der Waals surface area contributed by atoms with E-state index in [-0.39, 0.29) is 5.97 Å². The highest BCUT2D eigenvalue weighted by molar-refractivity contribution is 6.10. The summed E-state index contributed by atoms with van der Waals surface area (Å²) in [6.07, 6.45) is 2.14. The first-order chi connectivity index (χ1) is 14.7. The average molecular weight is 393 g/mol. The van der Waals surface area contributed by atoms with Crippen LogP contribution in [0.2, 0.25) is 0 Å². The zero-order chi connectivity index (χ0) is 20.5. The molecule has 146 valence electrons. The SMILES string of the molecule is COC(=O)c1ccc(-c2c3[nH]c4ccccc4c3cc[n+]2Cc2ccccc2)cc1. The molecule has 30 heavy (non-hydrogen) atoms. The molecule has 0 atom stereocenters. The number of nitrogens with zero attached hydrogens (tertiary/aromatic N) is 1. The predicted molar refractivity (Wildman–Crippen MR) is 118 cm³/mol. The van der Waals surface area contributed by atoms with E-state index in [1.807, 2.05) is 36.4 Å². The number of benzene rings is 3. The number of esters is 1. The van der Waals surface area contributed by atoms with Crippen molar-refractivity contribution in [3.05, 3.63) is 102 Å². The summed E-state index contributed by atoms with van der Waals surface area (Å²) in [6, 6.07) is 28.5. The number of pyridine rings is 1. The van der Waals surface area contributed by atoms with E-state index in [1.165, 1.54) is 23.4 Å². The Morgan fingerprint density at radius 3 is 2.37 bits per heavy atom. The van der Waals surface area contributed by atoms with Crippen LogP contribution in [0.15, 0.2) is 91.1 Å². The smallest absolute Gasteiger partial charge is 0.337 e. The molecule has 0 radical (unpaired) electrons. The van der Waals surface area contributed by atoms with E-state index in [1.54, 1.807) is 0 Å². The van der Waals surface area contributed by atoms with Crippen molar-refractivity contribution in [2.24, 2.45) is 0 Å². The van der Waals surface area contributed by atoms with Gasteiger partial charge in [0.15, 0.2) is 12.7 Å². The number of hydrogen-bond donors (Lipinski definition) is 1. The van der Waals surface area contributed by atoms with Crippen molar-refractivity contribution in [2.45, 2.75) is 6.54 Å². The third-order valence-electron chi connectivity index (χ3n) is 5.47. The summed E-state index contributed by atoms with van der Waals surface area (Å²) in [5, 5.41) is 2.38. The van der Waals surface area contributed by atoms with Gasteiger partial charge in [-0.2, -0.15) is 4.57 Å². The zero-order valence-electron chi connectivity index (χ0n) is 16.6. The van der Waals surface area contributed by atoms with Crippen LogP contribution in [0.1, 0.15) is 15.9 Å². The lowest BCUT2D eigenvalue weighted by Crippen LogP contribution is -2.36. The van der Waals surface area contributed by atoms with E-state index in [9.17, 15) is 4.79 Å². The summed E-state index contributed by atoms with van der Waals surface area (Å²) in [4.78, 5) is 15.5. The van der Waals surface area contributed by atoms with Crippen molar-refractivity contribution in [2.75, 3.05) is 7.11 Å². The highest BCUT2D eigenvalue weighted by atomic mass is 16.5. The number of carbonyl (C=O) groups excluding carboxylic acids is 1. The molecule has 0 spiro atoms. The number of ether oxygens (including phenoxy) is 1. The minimum Gasteiger partial charge on any atom is -0.465 e. The van der Waals surface area contributed by atoms with Crippen LogP contribution < -0.4 is 4.57 Å². The number of hydrogen-bond acceptors (Lipinski definition) is 2. The third-order valence-corrected chi connectivity index (χ3v) is 5.47. The van der Waals surface area contributed by atoms with E-state index in [2.05, 4.69) is 64.3 Å². The summed E-state index contributed by atoms with van der Waals surface area (Å²) >= 11 is 0. The molecule has 0 aliphatic carbocycles. The fourth-order valence-corrected chi connectivity index (χ4v) is 4.01. The van der Waals surface area contributed by atoms with Crippen LogP contribution in [0.3, 0.4) is 0 Å². The lowest BCUT2D eigenvalue weighted by atomic mass is 10.0. The second-order valence-electron chi connectivity index (χ2n) is 7.31. The third kappa shape index (κ3) is 3.12. The van der Waals surface area contributed by atoms with E-state index < -0.39 is 0 Å². The number of rotatable bonds is 4. The molecule has 4 nitrogen and oxygen atoms in total. The molecule has 0 aliphatic heterocycles. The van der Waals surface area contributed by atoms with Gasteiger partial charge in [-0.05, 0) is 30.3 Å². The van der Waals surface area contributed by atoms with Gasteiger partial charge in [0.05, 0.1) is 12.7 Å². The van der Waals surface area contributed by atoms with Crippen molar-refractivity contribution in [3.8, 4) is 11.3 Å². The second-order valence-corrected chi connectivity index (χ2v) is 7.31. The van der Waals surface area contributed by atoms with Gasteiger partial charge in [0.1, 0.15) is 5.52 Å². The normalized spacial score (nSPS) is 11.1. The maximum Gasteiger partial charge on any atom is 0.337 e. The van der Waals surface area contributed by atoms with Crippen molar-refractivity contribution < 1.29 is 14.1 Å². The number of aromatic amines is 1. The van der Waals surface area contributed by atoms with Gasteiger partial charge in [0.25, 0.3) is 0 Å². The molecule has 4 heteroatoms. The minimum absolute atomic E-state index is 0.331. The summed E-state index contributed by atoms with van der Waals surface area (Å²) in [7, 11) is 1.40. The molecule has 2 heterocycles. The zero-order valence-corrected chi connectivity index (χ0v) is 16.6. The van der Waals surface area contributed by atoms with Crippen LogP contribution in [0, 0.1) is 0 Å². The average Bonchev–Trinajstić information content (AvgIpc) is 3.18. The first-order valence-corrected chi connectivity index (χ1v) is 9.90. The summed E-state index contributed by atoms with van der Waals surface area (Å²) in [5.41, 5.74) is 6.09. The summed E-state index contributed by atoms with van der Waals surface area (Å²) in [6.45, 7) is 0.750. The lowest BCUT2D eigenvalue weighted by molar-refractivity contribution is -0.676. The highest BCUT2D eigenvalue weighted by Gasteiger charge is 2.21. The molecule has 0 unspecified atom stereocenters. The van der Waals surface area contributed by atoms with Gasteiger partial charge in [-0.1, -0.05) is 48.5 Å². The highest BCUT2D eigenvalue weighted by Crippen LogP contribution is 2.31. The number of aromatic nitrogens is 2. The number of methoxy groups -OCH3 is 1. The largest absolute Gasteiger partial charge is 0.465 e. The summed E-state index contributed by atoms with van der Waals surface area (Å²) in [5.74, 6) is -0.331. The molecular formula is C26H21N2O2+. The Morgan fingerprint density at radius 2 is 1.60 bits per heavy atom. The first kappa shape index (κ1) is 18.1. The van der Waals surface area contributed by atoms with Crippen LogP contribution in [-0.2, 0) is 11.3 Å². The molecule has 0 saturated heterocycles. The monoisotopic (exact) mass is 393 g/mol. The molecule has 1 N–H and O–H groups in total. The molecule has 5 aromatic rings. The predicted octanol–water partition coefficient (Wildman–Crippen LogP) is 5.11. The Kier molecular flexibility index (Phi) is 4.52. The van der Waals surface area contributed by atoms with Crippen LogP contribution >= 0.6 is 0 Å². The minimum atomic E-state index is -0.331. The van der Waals surface area contributed by atoms with Gasteiger partial charge < -0.3 is 9.72 Å². The van der Waals surface area contributed by atoms with Crippen molar-refractivity contribution in [1.29, 1.82) is 0 Å². The molecule has 3 aromatic carbocycles. The number of H-pyrrole nitrogens is 1. The Morgan fingerprint density at radius 1 is 0.867 bits per heavy atom. The lowest BCUT2D eigenvalue weighted by Gasteiger charge is -2.07. The van der Waals surface area contributed by atoms with Crippen LogP contribution in [0.4, 0.5) is 0 Å². The van der Waals surface area contributed by atoms with Gasteiger partial charge >= 0.3 is 5.97 Å². The maximum absolute atomic E-state index is 11.9. The van der Waals surface area contributed by atoms with Gasteiger partial charge in [-0.3, -0.25) is 0 Å². The van der Waals surface area contributed by atoms with E-state index in [0.717, 1.165) is 28.8 Å². The van der Waals surface area contributed by atoms with Crippen LogP contribution in [0.25, 0.3) is 33.1 Å².